The third-order valence-corrected chi connectivity index (χ3v) is 5.51. The number of rotatable bonds is 4. The van der Waals surface area contributed by atoms with Gasteiger partial charge in [-0.3, -0.25) is 9.78 Å². The molecule has 2 aromatic rings. The molecule has 1 aromatic heterocycles. The van der Waals surface area contributed by atoms with Crippen LogP contribution in [0, 0.1) is 6.92 Å². The lowest BCUT2D eigenvalue weighted by molar-refractivity contribution is -0.0707. The number of hydrogen-bond donors (Lipinski definition) is 0. The maximum Gasteiger partial charge on any atom is 0.256 e. The Labute approximate surface area is 161 Å². The number of benzene rings is 1. The zero-order chi connectivity index (χ0) is 18.6. The Morgan fingerprint density at radius 3 is 2.67 bits per heavy atom. The van der Waals surface area contributed by atoms with Crippen molar-refractivity contribution < 1.29 is 9.53 Å². The van der Waals surface area contributed by atoms with Gasteiger partial charge in [-0.15, -0.1) is 0 Å². The lowest BCUT2D eigenvalue weighted by atomic mass is 9.96. The zero-order valence-corrected chi connectivity index (χ0v) is 15.9. The molecule has 0 unspecified atom stereocenters. The van der Waals surface area contributed by atoms with E-state index in [1.807, 2.05) is 36.1 Å². The quantitative estimate of drug-likeness (QED) is 0.835. The molecule has 2 atom stereocenters. The first-order valence-electron chi connectivity index (χ1n) is 9.84. The van der Waals surface area contributed by atoms with Crippen molar-refractivity contribution in [2.45, 2.75) is 31.9 Å². The Morgan fingerprint density at radius 1 is 1.15 bits per heavy atom. The predicted molar refractivity (Wildman–Crippen MR) is 105 cm³/mol. The summed E-state index contributed by atoms with van der Waals surface area (Å²) >= 11 is 0. The van der Waals surface area contributed by atoms with E-state index in [0.717, 1.165) is 30.8 Å². The van der Waals surface area contributed by atoms with E-state index < -0.39 is 0 Å². The van der Waals surface area contributed by atoms with E-state index >= 15 is 0 Å². The summed E-state index contributed by atoms with van der Waals surface area (Å²) in [5, 5.41) is 0. The molecule has 0 aliphatic carbocycles. The molecule has 2 aliphatic rings. The van der Waals surface area contributed by atoms with Crippen LogP contribution in [-0.4, -0.2) is 59.6 Å². The van der Waals surface area contributed by atoms with Crippen molar-refractivity contribution in [1.29, 1.82) is 0 Å². The molecule has 0 radical (unpaired) electrons. The summed E-state index contributed by atoms with van der Waals surface area (Å²) in [4.78, 5) is 22.0. The summed E-state index contributed by atoms with van der Waals surface area (Å²) < 4.78 is 6.20. The van der Waals surface area contributed by atoms with Gasteiger partial charge >= 0.3 is 0 Å². The second-order valence-corrected chi connectivity index (χ2v) is 7.52. The van der Waals surface area contributed by atoms with Gasteiger partial charge in [0.2, 0.25) is 0 Å². The van der Waals surface area contributed by atoms with Crippen LogP contribution >= 0.6 is 0 Å². The van der Waals surface area contributed by atoms with E-state index in [-0.39, 0.29) is 18.1 Å². The summed E-state index contributed by atoms with van der Waals surface area (Å²) in [6.07, 6.45) is 5.94. The minimum Gasteiger partial charge on any atom is -0.373 e. The Kier molecular flexibility index (Phi) is 5.50. The first-order valence-corrected chi connectivity index (χ1v) is 9.84. The molecule has 142 valence electrons. The van der Waals surface area contributed by atoms with Crippen molar-refractivity contribution in [2.24, 2.45) is 0 Å². The molecule has 2 fully saturated rings. The van der Waals surface area contributed by atoms with Crippen molar-refractivity contribution in [3.8, 4) is 0 Å². The number of aromatic nitrogens is 1. The van der Waals surface area contributed by atoms with Gasteiger partial charge in [-0.1, -0.05) is 30.3 Å². The van der Waals surface area contributed by atoms with Gasteiger partial charge in [-0.2, -0.15) is 0 Å². The Balaban J connectivity index is 1.64. The van der Waals surface area contributed by atoms with Crippen LogP contribution < -0.4 is 0 Å². The summed E-state index contributed by atoms with van der Waals surface area (Å²) in [7, 11) is 0. The van der Waals surface area contributed by atoms with E-state index in [2.05, 4.69) is 22.0 Å². The fraction of sp³-hybridized carbons (Fsp3) is 0.455. The number of carbonyl (C=O) groups excluding carboxylic acids is 1. The van der Waals surface area contributed by atoms with Gasteiger partial charge in [-0.05, 0) is 50.0 Å². The fourth-order valence-electron chi connectivity index (χ4n) is 4.22. The van der Waals surface area contributed by atoms with Gasteiger partial charge in [0.05, 0.1) is 24.3 Å². The molecule has 4 rings (SSSR count). The average Bonchev–Trinajstić information content (AvgIpc) is 3.21. The third-order valence-electron chi connectivity index (χ3n) is 5.51. The van der Waals surface area contributed by atoms with Crippen LogP contribution in [0.25, 0.3) is 0 Å². The monoisotopic (exact) mass is 365 g/mol. The minimum atomic E-state index is -0.0754. The molecule has 2 saturated heterocycles. The highest BCUT2D eigenvalue weighted by molar-refractivity contribution is 5.94. The summed E-state index contributed by atoms with van der Waals surface area (Å²) in [6.45, 7) is 6.26. The van der Waals surface area contributed by atoms with Crippen LogP contribution in [-0.2, 0) is 4.74 Å². The van der Waals surface area contributed by atoms with Crippen LogP contribution in [0.1, 0.15) is 40.4 Å². The van der Waals surface area contributed by atoms with E-state index in [1.54, 1.807) is 12.4 Å². The minimum absolute atomic E-state index is 0.0130. The molecule has 5 nitrogen and oxygen atoms in total. The Bertz CT molecular complexity index is 774. The normalized spacial score (nSPS) is 23.5. The molecule has 0 N–H and O–H groups in total. The van der Waals surface area contributed by atoms with Crippen LogP contribution in [0.3, 0.4) is 0 Å². The highest BCUT2D eigenvalue weighted by atomic mass is 16.5. The number of morpholine rings is 1. The van der Waals surface area contributed by atoms with Crippen LogP contribution in [0.15, 0.2) is 48.8 Å². The van der Waals surface area contributed by atoms with Gasteiger partial charge in [0.15, 0.2) is 0 Å². The Morgan fingerprint density at radius 2 is 1.93 bits per heavy atom. The maximum absolute atomic E-state index is 13.3. The molecule has 0 saturated carbocycles. The maximum atomic E-state index is 13.3. The van der Waals surface area contributed by atoms with Crippen molar-refractivity contribution in [1.82, 2.24) is 14.8 Å². The van der Waals surface area contributed by atoms with Gasteiger partial charge < -0.3 is 14.5 Å². The summed E-state index contributed by atoms with van der Waals surface area (Å²) in [6, 6.07) is 12.1. The van der Waals surface area contributed by atoms with Gasteiger partial charge in [0, 0.05) is 25.5 Å². The standard InChI is InChI=1S/C22H27N3O2/c1-17-13-19(15-23-14-17)22(26)25-11-12-27-20(16-24-9-5-6-10-24)21(25)18-7-3-2-4-8-18/h2-4,7-8,13-15,20-21H,5-6,9-12,16H2,1H3/t20-,21-/m0/s1. The number of amides is 1. The van der Waals surface area contributed by atoms with Gasteiger partial charge in [0.25, 0.3) is 5.91 Å². The molecule has 3 heterocycles. The first kappa shape index (κ1) is 18.1. The van der Waals surface area contributed by atoms with E-state index in [9.17, 15) is 4.79 Å². The molecule has 2 aliphatic heterocycles. The van der Waals surface area contributed by atoms with Crippen molar-refractivity contribution in [3.63, 3.8) is 0 Å². The van der Waals surface area contributed by atoms with Crippen molar-refractivity contribution in [2.75, 3.05) is 32.8 Å². The summed E-state index contributed by atoms with van der Waals surface area (Å²) in [5.74, 6) is 0.0368. The molecular weight excluding hydrogens is 338 g/mol. The number of nitrogens with zero attached hydrogens (tertiary/aromatic N) is 3. The number of likely N-dealkylation sites (tertiary alicyclic amines) is 1. The predicted octanol–water partition coefficient (Wildman–Crippen LogP) is 3.07. The number of hydrogen-bond acceptors (Lipinski definition) is 4. The number of pyridine rings is 1. The van der Waals surface area contributed by atoms with E-state index in [1.165, 1.54) is 12.8 Å². The third kappa shape index (κ3) is 4.04. The highest BCUT2D eigenvalue weighted by Gasteiger charge is 2.38. The molecule has 5 heteroatoms. The molecule has 0 spiro atoms. The van der Waals surface area contributed by atoms with Crippen molar-refractivity contribution in [3.05, 3.63) is 65.5 Å². The smallest absolute Gasteiger partial charge is 0.256 e. The topological polar surface area (TPSA) is 45.7 Å². The summed E-state index contributed by atoms with van der Waals surface area (Å²) in [5.41, 5.74) is 2.78. The number of carbonyl (C=O) groups is 1. The highest BCUT2D eigenvalue weighted by Crippen LogP contribution is 2.32. The fourth-order valence-corrected chi connectivity index (χ4v) is 4.22. The number of ether oxygens (including phenoxy) is 1. The lowest BCUT2D eigenvalue weighted by Gasteiger charge is -2.42. The molecular formula is C22H27N3O2. The van der Waals surface area contributed by atoms with Crippen molar-refractivity contribution >= 4 is 5.91 Å². The lowest BCUT2D eigenvalue weighted by Crippen LogP contribution is -2.51. The zero-order valence-electron chi connectivity index (χ0n) is 15.9. The van der Waals surface area contributed by atoms with E-state index in [4.69, 9.17) is 4.74 Å². The molecule has 27 heavy (non-hydrogen) atoms. The molecule has 0 bridgehead atoms. The van der Waals surface area contributed by atoms with Crippen LogP contribution in [0.2, 0.25) is 0 Å². The largest absolute Gasteiger partial charge is 0.373 e. The van der Waals surface area contributed by atoms with Crippen LogP contribution in [0.5, 0.6) is 0 Å². The van der Waals surface area contributed by atoms with Crippen LogP contribution in [0.4, 0.5) is 0 Å². The molecule has 1 amide bonds. The van der Waals surface area contributed by atoms with Gasteiger partial charge in [0.1, 0.15) is 0 Å². The first-order chi connectivity index (χ1) is 13.2. The SMILES string of the molecule is Cc1cncc(C(=O)N2CCO[C@@H](CN3CCCC3)[C@@H]2c2ccccc2)c1. The molecule has 1 aromatic carbocycles. The second-order valence-electron chi connectivity index (χ2n) is 7.52. The number of aryl methyl sites for hydroxylation is 1. The average molecular weight is 365 g/mol. The van der Waals surface area contributed by atoms with Gasteiger partial charge in [-0.25, -0.2) is 0 Å². The second kappa shape index (κ2) is 8.19. The van der Waals surface area contributed by atoms with E-state index in [0.29, 0.717) is 18.7 Å². The Hall–Kier alpha value is -2.24.